The number of hydrogen-bond donors (Lipinski definition) is 0. The highest BCUT2D eigenvalue weighted by molar-refractivity contribution is 7.98. The maximum Gasteiger partial charge on any atom is 0.0144 e. The maximum atomic E-state index is 2.42. The molecule has 0 unspecified atom stereocenters. The highest BCUT2D eigenvalue weighted by Gasteiger charge is 2.08. The smallest absolute Gasteiger partial charge is 0.0144 e. The van der Waals surface area contributed by atoms with Gasteiger partial charge in [-0.15, -0.1) is 11.8 Å². The lowest BCUT2D eigenvalue weighted by Crippen LogP contribution is -1.93. The Bertz CT molecular complexity index is 339. The lowest BCUT2D eigenvalue weighted by Gasteiger charge is -2.15. The first-order valence-electron chi connectivity index (χ1n) is 5.24. The number of rotatable bonds is 2. The van der Waals surface area contributed by atoms with E-state index >= 15 is 0 Å². The third-order valence-corrected chi connectivity index (χ3v) is 3.54. The summed E-state index contributed by atoms with van der Waals surface area (Å²) in [6, 6.07) is 8.74. The first kappa shape index (κ1) is 9.85. The average Bonchev–Trinajstić information content (AvgIpc) is 2.30. The number of allylic oxidation sites excluding steroid dienone is 2. The van der Waals surface area contributed by atoms with Gasteiger partial charge in [0.25, 0.3) is 0 Å². The molecule has 1 aliphatic rings. The van der Waals surface area contributed by atoms with Crippen LogP contribution < -0.4 is 0 Å². The second kappa shape index (κ2) is 4.70. The van der Waals surface area contributed by atoms with Gasteiger partial charge in [-0.3, -0.25) is 0 Å². The lowest BCUT2D eigenvalue weighted by atomic mass is 9.94. The van der Waals surface area contributed by atoms with Gasteiger partial charge in [-0.2, -0.15) is 0 Å². The first-order valence-corrected chi connectivity index (χ1v) is 6.46. The fourth-order valence-electron chi connectivity index (χ4n) is 1.99. The van der Waals surface area contributed by atoms with Crippen molar-refractivity contribution in [3.8, 4) is 0 Å². The monoisotopic (exact) mass is 204 g/mol. The van der Waals surface area contributed by atoms with E-state index in [1.54, 1.807) is 5.57 Å². The predicted molar refractivity (Wildman–Crippen MR) is 64.7 cm³/mol. The van der Waals surface area contributed by atoms with E-state index in [4.69, 9.17) is 0 Å². The Balaban J connectivity index is 2.34. The Morgan fingerprint density at radius 3 is 2.71 bits per heavy atom. The van der Waals surface area contributed by atoms with Gasteiger partial charge in [-0.05, 0) is 49.1 Å². The van der Waals surface area contributed by atoms with E-state index in [1.807, 2.05) is 11.8 Å². The van der Waals surface area contributed by atoms with Crippen LogP contribution in [0.15, 0.2) is 35.2 Å². The van der Waals surface area contributed by atoms with Gasteiger partial charge in [0.2, 0.25) is 0 Å². The van der Waals surface area contributed by atoms with Crippen LogP contribution in [0.5, 0.6) is 0 Å². The van der Waals surface area contributed by atoms with Crippen LogP contribution in [-0.4, -0.2) is 6.26 Å². The topological polar surface area (TPSA) is 0 Å². The first-order chi connectivity index (χ1) is 6.92. The molecule has 1 heteroatoms. The highest BCUT2D eigenvalue weighted by Crippen LogP contribution is 2.32. The van der Waals surface area contributed by atoms with Crippen molar-refractivity contribution in [2.75, 3.05) is 6.26 Å². The molecule has 0 nitrogen and oxygen atoms in total. The Morgan fingerprint density at radius 1 is 1.14 bits per heavy atom. The summed E-state index contributed by atoms with van der Waals surface area (Å²) >= 11 is 1.85. The molecule has 0 heterocycles. The molecule has 1 aliphatic carbocycles. The quantitative estimate of drug-likeness (QED) is 0.645. The van der Waals surface area contributed by atoms with Gasteiger partial charge in [0.05, 0.1) is 0 Å². The van der Waals surface area contributed by atoms with Crippen molar-refractivity contribution in [3.63, 3.8) is 0 Å². The van der Waals surface area contributed by atoms with Crippen LogP contribution in [0.1, 0.15) is 31.2 Å². The second-order valence-corrected chi connectivity index (χ2v) is 4.52. The highest BCUT2D eigenvalue weighted by atomic mass is 32.2. The largest absolute Gasteiger partial charge is 0.129 e. The van der Waals surface area contributed by atoms with E-state index < -0.39 is 0 Å². The molecular weight excluding hydrogens is 188 g/mol. The minimum Gasteiger partial charge on any atom is -0.129 e. The minimum absolute atomic E-state index is 1.26. The zero-order valence-corrected chi connectivity index (χ0v) is 9.44. The SMILES string of the molecule is CSc1ccccc1C1=CCCCC1. The number of thioether (sulfide) groups is 1. The van der Waals surface area contributed by atoms with E-state index in [1.165, 1.54) is 36.1 Å². The molecule has 0 saturated heterocycles. The molecule has 0 fully saturated rings. The summed E-state index contributed by atoms with van der Waals surface area (Å²) < 4.78 is 0. The zero-order chi connectivity index (χ0) is 9.80. The molecule has 0 amide bonds. The van der Waals surface area contributed by atoms with Crippen molar-refractivity contribution in [1.29, 1.82) is 0 Å². The van der Waals surface area contributed by atoms with Gasteiger partial charge in [-0.25, -0.2) is 0 Å². The summed E-state index contributed by atoms with van der Waals surface area (Å²) in [4.78, 5) is 1.42. The average molecular weight is 204 g/mol. The Labute approximate surface area is 90.4 Å². The predicted octanol–water partition coefficient (Wildman–Crippen LogP) is 4.37. The van der Waals surface area contributed by atoms with Crippen molar-refractivity contribution < 1.29 is 0 Å². The molecule has 0 saturated carbocycles. The summed E-state index contributed by atoms with van der Waals surface area (Å²) in [5.74, 6) is 0. The van der Waals surface area contributed by atoms with Gasteiger partial charge in [0.15, 0.2) is 0 Å². The van der Waals surface area contributed by atoms with Crippen LogP contribution in [0, 0.1) is 0 Å². The van der Waals surface area contributed by atoms with Crippen LogP contribution in [0.3, 0.4) is 0 Å². The fraction of sp³-hybridized carbons (Fsp3) is 0.385. The molecule has 2 rings (SSSR count). The van der Waals surface area contributed by atoms with Crippen molar-refractivity contribution >= 4 is 17.3 Å². The van der Waals surface area contributed by atoms with Crippen LogP contribution in [0.4, 0.5) is 0 Å². The molecule has 74 valence electrons. The summed E-state index contributed by atoms with van der Waals surface area (Å²) in [5, 5.41) is 0. The molecule has 1 aromatic rings. The van der Waals surface area contributed by atoms with E-state index in [0.717, 1.165) is 0 Å². The van der Waals surface area contributed by atoms with Crippen molar-refractivity contribution in [1.82, 2.24) is 0 Å². The second-order valence-electron chi connectivity index (χ2n) is 3.68. The van der Waals surface area contributed by atoms with E-state index in [-0.39, 0.29) is 0 Å². The molecule has 0 atom stereocenters. The molecule has 0 bridgehead atoms. The molecule has 14 heavy (non-hydrogen) atoms. The zero-order valence-electron chi connectivity index (χ0n) is 8.62. The van der Waals surface area contributed by atoms with Crippen LogP contribution in [0.2, 0.25) is 0 Å². The lowest BCUT2D eigenvalue weighted by molar-refractivity contribution is 0.741. The number of benzene rings is 1. The Morgan fingerprint density at radius 2 is 2.00 bits per heavy atom. The van der Waals surface area contributed by atoms with Crippen molar-refractivity contribution in [3.05, 3.63) is 35.9 Å². The van der Waals surface area contributed by atoms with Gasteiger partial charge >= 0.3 is 0 Å². The molecule has 0 spiro atoms. The summed E-state index contributed by atoms with van der Waals surface area (Å²) in [5.41, 5.74) is 3.01. The normalized spacial score (nSPS) is 16.5. The van der Waals surface area contributed by atoms with Crippen LogP contribution in [-0.2, 0) is 0 Å². The molecule has 0 aromatic heterocycles. The van der Waals surface area contributed by atoms with Gasteiger partial charge < -0.3 is 0 Å². The molecular formula is C13H16S. The third-order valence-electron chi connectivity index (χ3n) is 2.74. The van der Waals surface area contributed by atoms with Gasteiger partial charge in [0.1, 0.15) is 0 Å². The van der Waals surface area contributed by atoms with Crippen molar-refractivity contribution in [2.45, 2.75) is 30.6 Å². The molecule has 0 aliphatic heterocycles. The third kappa shape index (κ3) is 2.03. The summed E-state index contributed by atoms with van der Waals surface area (Å²) in [6.45, 7) is 0. The van der Waals surface area contributed by atoms with Gasteiger partial charge in [-0.1, -0.05) is 24.3 Å². The van der Waals surface area contributed by atoms with E-state index in [9.17, 15) is 0 Å². The van der Waals surface area contributed by atoms with Gasteiger partial charge in [0, 0.05) is 4.90 Å². The fourth-order valence-corrected chi connectivity index (χ4v) is 2.63. The Hall–Kier alpha value is -0.690. The van der Waals surface area contributed by atoms with Crippen molar-refractivity contribution in [2.24, 2.45) is 0 Å². The number of hydrogen-bond acceptors (Lipinski definition) is 1. The minimum atomic E-state index is 1.26. The molecule has 0 radical (unpaired) electrons. The van der Waals surface area contributed by atoms with E-state index in [2.05, 4.69) is 36.6 Å². The van der Waals surface area contributed by atoms with E-state index in [0.29, 0.717) is 0 Å². The maximum absolute atomic E-state index is 2.42. The Kier molecular flexibility index (Phi) is 3.30. The molecule has 0 N–H and O–H groups in total. The summed E-state index contributed by atoms with van der Waals surface area (Å²) in [7, 11) is 0. The van der Waals surface area contributed by atoms with Crippen LogP contribution >= 0.6 is 11.8 Å². The standard InChI is InChI=1S/C13H16S/c1-14-13-10-6-5-9-12(13)11-7-3-2-4-8-11/h5-7,9-10H,2-4,8H2,1H3. The van der Waals surface area contributed by atoms with Crippen LogP contribution in [0.25, 0.3) is 5.57 Å². The summed E-state index contributed by atoms with van der Waals surface area (Å²) in [6.07, 6.45) is 9.82. The molecule has 1 aromatic carbocycles.